The summed E-state index contributed by atoms with van der Waals surface area (Å²) in [5.74, 6) is 0. The molecule has 3 rings (SSSR count). The van der Waals surface area contributed by atoms with Crippen LogP contribution in [0.2, 0.25) is 0 Å². The zero-order valence-corrected chi connectivity index (χ0v) is 20.4. The Morgan fingerprint density at radius 1 is 0.639 bits per heavy atom. The molecule has 0 radical (unpaired) electrons. The second-order valence-corrected chi connectivity index (χ2v) is 11.1. The van der Waals surface area contributed by atoms with Gasteiger partial charge in [0.1, 0.15) is 14.7 Å². The topological polar surface area (TPSA) is 169 Å². The normalized spacial score (nSPS) is 12.1. The molecule has 0 N–H and O–H groups in total. The van der Waals surface area contributed by atoms with Gasteiger partial charge in [-0.05, 0) is 36.4 Å². The zero-order chi connectivity index (χ0) is 26.2. The summed E-state index contributed by atoms with van der Waals surface area (Å²) in [5.41, 5.74) is 0. The number of rotatable bonds is 6. The van der Waals surface area contributed by atoms with E-state index in [0.717, 1.165) is 24.3 Å². The fourth-order valence-electron chi connectivity index (χ4n) is 2.37. The number of benzene rings is 3. The van der Waals surface area contributed by atoms with Gasteiger partial charge >= 0.3 is 48.7 Å². The van der Waals surface area contributed by atoms with Crippen LogP contribution < -0.4 is 0 Å². The molecule has 0 aromatic heterocycles. The number of hydrogen-bond donors (Lipinski definition) is 0. The minimum absolute atomic E-state index is 0.268. The first-order chi connectivity index (χ1) is 17.0. The second-order valence-electron chi connectivity index (χ2n) is 6.43. The van der Waals surface area contributed by atoms with Crippen molar-refractivity contribution in [3.63, 3.8) is 0 Å². The average Bonchev–Trinajstić information content (AvgIpc) is 2.85. The Morgan fingerprint density at radius 3 is 1.47 bits per heavy atom. The summed E-state index contributed by atoms with van der Waals surface area (Å²) >= 11 is 0. The monoisotopic (exact) mass is 549 g/mol. The van der Waals surface area contributed by atoms with Gasteiger partial charge in [-0.25, -0.2) is 0 Å². The lowest BCUT2D eigenvalue weighted by Gasteiger charge is -2.03. The molecule has 0 spiro atoms. The average molecular weight is 550 g/mol. The molecule has 0 fully saturated rings. The van der Waals surface area contributed by atoms with Crippen molar-refractivity contribution in [2.45, 2.75) is 14.7 Å². The van der Waals surface area contributed by atoms with Crippen LogP contribution in [0.3, 0.4) is 0 Å². The summed E-state index contributed by atoms with van der Waals surface area (Å²) in [6.07, 6.45) is 1.59. The van der Waals surface area contributed by atoms with Crippen LogP contribution in [0.5, 0.6) is 0 Å². The molecule has 0 atom stereocenters. The molecular formula is C21H15N3O9S3. The lowest BCUT2D eigenvalue weighted by atomic mass is 10.4. The van der Waals surface area contributed by atoms with Gasteiger partial charge in [0, 0.05) is 0 Å². The molecular weight excluding hydrogens is 534 g/mol. The maximum absolute atomic E-state index is 12.5. The van der Waals surface area contributed by atoms with Crippen LogP contribution in [0.4, 0.5) is 0 Å². The van der Waals surface area contributed by atoms with Gasteiger partial charge in [0.05, 0.1) is 4.99 Å². The van der Waals surface area contributed by atoms with Gasteiger partial charge in [0.2, 0.25) is 0 Å². The SMILES string of the molecule is [N-]=C(/N=C(/[N+]#COS(=O)(=O)c1ccccc1)OS(=O)(=O)c1ccccc1)OS(=O)(=O)c1ccccc1. The fourth-order valence-corrected chi connectivity index (χ4v) is 4.77. The van der Waals surface area contributed by atoms with Gasteiger partial charge in [0.25, 0.3) is 0 Å². The van der Waals surface area contributed by atoms with Gasteiger partial charge in [-0.2, -0.15) is 25.3 Å². The summed E-state index contributed by atoms with van der Waals surface area (Å²) in [6, 6.07) is 17.2. The molecule has 15 heteroatoms. The Hall–Kier alpha value is -4.26. The van der Waals surface area contributed by atoms with E-state index in [9.17, 15) is 30.7 Å². The minimum Gasteiger partial charge on any atom is -0.381 e. The van der Waals surface area contributed by atoms with Gasteiger partial charge in [-0.3, -0.25) is 8.37 Å². The molecule has 3 aromatic rings. The second kappa shape index (κ2) is 11.0. The van der Waals surface area contributed by atoms with E-state index >= 15 is 0 Å². The quantitative estimate of drug-likeness (QED) is 0.194. The van der Waals surface area contributed by atoms with E-state index in [-0.39, 0.29) is 14.7 Å². The maximum Gasteiger partial charge on any atom is 0.629 e. The molecule has 0 aliphatic carbocycles. The van der Waals surface area contributed by atoms with Crippen molar-refractivity contribution in [3.8, 4) is 6.26 Å². The number of hydrogen-bond acceptors (Lipinski definition) is 9. The highest BCUT2D eigenvalue weighted by Crippen LogP contribution is 2.15. The van der Waals surface area contributed by atoms with Crippen molar-refractivity contribution in [2.75, 3.05) is 0 Å². The third kappa shape index (κ3) is 7.12. The number of aliphatic imine (C=N–C) groups is 1. The molecule has 0 saturated carbocycles. The molecule has 0 aliphatic heterocycles. The van der Waals surface area contributed by atoms with Crippen molar-refractivity contribution in [1.82, 2.24) is 0 Å². The fraction of sp³-hybridized carbons (Fsp3) is 0. The molecule has 0 saturated heterocycles. The summed E-state index contributed by atoms with van der Waals surface area (Å²) in [4.78, 5) is 5.43. The van der Waals surface area contributed by atoms with Crippen LogP contribution in [0, 0.1) is 6.26 Å². The summed E-state index contributed by atoms with van der Waals surface area (Å²) in [6.45, 7) is 0. The third-order valence-electron chi connectivity index (χ3n) is 3.94. The first-order valence-electron chi connectivity index (χ1n) is 9.57. The highest BCUT2D eigenvalue weighted by molar-refractivity contribution is 7.87. The standard InChI is InChI=1S/C21H15N3O9S3/c22-20(32-35(27,28)18-12-6-2-7-13-18)24-21(33-36(29,30)19-14-8-3-9-15-19)23-16-31-34(25,26)17-10-4-1-5-11-17/h1-15H/b24-21-. The van der Waals surface area contributed by atoms with Crippen LogP contribution in [0.25, 0.3) is 10.3 Å². The molecule has 0 heterocycles. The lowest BCUT2D eigenvalue weighted by molar-refractivity contribution is 0.463. The Morgan fingerprint density at radius 2 is 1.03 bits per heavy atom. The molecule has 0 amide bonds. The maximum atomic E-state index is 12.5. The van der Waals surface area contributed by atoms with Crippen LogP contribution in [0.1, 0.15) is 0 Å². The van der Waals surface area contributed by atoms with E-state index in [0.29, 0.717) is 0 Å². The van der Waals surface area contributed by atoms with Crippen molar-refractivity contribution in [2.24, 2.45) is 4.99 Å². The smallest absolute Gasteiger partial charge is 0.381 e. The summed E-state index contributed by atoms with van der Waals surface area (Å²) < 4.78 is 87.5. The van der Waals surface area contributed by atoms with Gasteiger partial charge in [-0.1, -0.05) is 59.4 Å². The molecule has 186 valence electrons. The van der Waals surface area contributed by atoms with Crippen LogP contribution in [0.15, 0.2) is 111 Å². The highest BCUT2D eigenvalue weighted by atomic mass is 32.2. The Bertz CT molecular complexity index is 1650. The number of nitrogens with zero attached hydrogens (tertiary/aromatic N) is 3. The van der Waals surface area contributed by atoms with Crippen LogP contribution in [-0.4, -0.2) is 37.3 Å². The number of amidine groups is 2. The Labute approximate surface area is 207 Å². The first kappa shape index (κ1) is 26.3. The van der Waals surface area contributed by atoms with E-state index in [1.807, 2.05) is 0 Å². The van der Waals surface area contributed by atoms with E-state index in [1.165, 1.54) is 60.7 Å². The molecule has 0 unspecified atom stereocenters. The van der Waals surface area contributed by atoms with E-state index < -0.39 is 42.4 Å². The molecule has 3 aromatic carbocycles. The molecule has 36 heavy (non-hydrogen) atoms. The predicted octanol–water partition coefficient (Wildman–Crippen LogP) is 2.77. The van der Waals surface area contributed by atoms with Crippen LogP contribution in [-0.2, 0) is 42.9 Å². The van der Waals surface area contributed by atoms with Crippen molar-refractivity contribution >= 4 is 42.4 Å². The van der Waals surface area contributed by atoms with E-state index in [4.69, 9.17) is 4.18 Å². The molecule has 0 bridgehead atoms. The van der Waals surface area contributed by atoms with Crippen molar-refractivity contribution in [3.05, 3.63) is 101 Å². The highest BCUT2D eigenvalue weighted by Gasteiger charge is 2.28. The van der Waals surface area contributed by atoms with Gasteiger partial charge in [0.15, 0.2) is 0 Å². The zero-order valence-electron chi connectivity index (χ0n) is 17.9. The molecule has 0 aliphatic rings. The largest absolute Gasteiger partial charge is 0.629 e. The Balaban J connectivity index is 1.91. The molecule has 12 nitrogen and oxygen atoms in total. The van der Waals surface area contributed by atoms with Crippen molar-refractivity contribution in [1.29, 1.82) is 0 Å². The first-order valence-corrected chi connectivity index (χ1v) is 13.8. The summed E-state index contributed by atoms with van der Waals surface area (Å²) in [7, 11) is -13.6. The van der Waals surface area contributed by atoms with Crippen molar-refractivity contribution < 1.29 is 37.8 Å². The summed E-state index contributed by atoms with van der Waals surface area (Å²) in [5, 5.41) is 9.93. The lowest BCUT2D eigenvalue weighted by Crippen LogP contribution is -2.15. The van der Waals surface area contributed by atoms with E-state index in [1.54, 1.807) is 12.3 Å². The Kier molecular flexibility index (Phi) is 8.04. The van der Waals surface area contributed by atoms with Gasteiger partial charge < -0.3 is 9.59 Å². The van der Waals surface area contributed by atoms with Crippen LogP contribution >= 0.6 is 0 Å². The van der Waals surface area contributed by atoms with E-state index in [2.05, 4.69) is 18.2 Å². The third-order valence-corrected chi connectivity index (χ3v) is 7.52. The van der Waals surface area contributed by atoms with Gasteiger partial charge in [-0.15, -0.1) is 0 Å². The minimum atomic E-state index is -4.62. The predicted molar refractivity (Wildman–Crippen MR) is 127 cm³/mol.